The Bertz CT molecular complexity index is 623. The zero-order chi connectivity index (χ0) is 14.0. The van der Waals surface area contributed by atoms with Crippen molar-refractivity contribution in [3.8, 4) is 0 Å². The normalized spacial score (nSPS) is 10.5. The average molecular weight is 437 g/mol. The molecule has 2 aromatic carbocycles. The molecule has 1 nitrogen and oxygen atoms in total. The van der Waals surface area contributed by atoms with Gasteiger partial charge in [-0.15, -0.1) is 0 Å². The Morgan fingerprint density at radius 2 is 1.84 bits per heavy atom. The second kappa shape index (κ2) is 6.09. The second-order valence-electron chi connectivity index (χ2n) is 4.00. The van der Waals surface area contributed by atoms with Crippen LogP contribution in [0.25, 0.3) is 0 Å². The molecule has 0 aliphatic rings. The summed E-state index contributed by atoms with van der Waals surface area (Å²) in [4.78, 5) is 12.1. The minimum atomic E-state index is -0.397. The van der Waals surface area contributed by atoms with Crippen LogP contribution in [0.5, 0.6) is 0 Å². The molecule has 0 bridgehead atoms. The predicted octanol–water partition coefficient (Wildman–Crippen LogP) is 4.76. The van der Waals surface area contributed by atoms with Crippen LogP contribution in [0.1, 0.15) is 15.9 Å². The Balaban J connectivity index is 2.25. The number of halogens is 4. The van der Waals surface area contributed by atoms with Crippen LogP contribution in [0.2, 0.25) is 0 Å². The molecular formula is C14H8BrF2IO. The fraction of sp³-hybridized carbons (Fsp3) is 0.0714. The lowest BCUT2D eigenvalue weighted by Gasteiger charge is -2.05. The lowest BCUT2D eigenvalue weighted by Crippen LogP contribution is -2.06. The molecule has 0 heterocycles. The van der Waals surface area contributed by atoms with E-state index in [9.17, 15) is 13.6 Å². The van der Waals surface area contributed by atoms with E-state index >= 15 is 0 Å². The van der Waals surface area contributed by atoms with Gasteiger partial charge in [-0.25, -0.2) is 8.78 Å². The van der Waals surface area contributed by atoms with Gasteiger partial charge in [-0.1, -0.05) is 15.9 Å². The van der Waals surface area contributed by atoms with Crippen molar-refractivity contribution < 1.29 is 13.6 Å². The van der Waals surface area contributed by atoms with Crippen LogP contribution in [0.3, 0.4) is 0 Å². The number of ketones is 1. The summed E-state index contributed by atoms with van der Waals surface area (Å²) in [6, 6.07) is 8.34. The predicted molar refractivity (Wildman–Crippen MR) is 81.3 cm³/mol. The maximum atomic E-state index is 13.2. The van der Waals surface area contributed by atoms with Gasteiger partial charge in [0.05, 0.1) is 0 Å². The first-order valence-corrected chi connectivity index (χ1v) is 7.26. The van der Waals surface area contributed by atoms with Crippen molar-refractivity contribution in [2.45, 2.75) is 6.42 Å². The molecule has 0 radical (unpaired) electrons. The van der Waals surface area contributed by atoms with Crippen molar-refractivity contribution in [3.63, 3.8) is 0 Å². The third-order valence-corrected chi connectivity index (χ3v) is 3.87. The number of Topliss-reactive ketones (excluding diaryl/α,β-unsaturated/α-hetero) is 1. The molecule has 0 aliphatic heterocycles. The van der Waals surface area contributed by atoms with Gasteiger partial charge in [0.1, 0.15) is 11.6 Å². The van der Waals surface area contributed by atoms with Gasteiger partial charge in [-0.05, 0) is 64.6 Å². The Morgan fingerprint density at radius 1 is 1.11 bits per heavy atom. The molecule has 98 valence electrons. The van der Waals surface area contributed by atoms with Gasteiger partial charge in [-0.3, -0.25) is 4.79 Å². The zero-order valence-electron chi connectivity index (χ0n) is 9.59. The highest BCUT2D eigenvalue weighted by molar-refractivity contribution is 14.1. The quantitative estimate of drug-likeness (QED) is 0.501. The summed E-state index contributed by atoms with van der Waals surface area (Å²) in [5.74, 6) is -0.942. The SMILES string of the molecule is O=C(Cc1cc(F)cc(Br)c1)c1ccc(F)cc1I. The van der Waals surface area contributed by atoms with Gasteiger partial charge < -0.3 is 0 Å². The molecule has 0 fully saturated rings. The Morgan fingerprint density at radius 3 is 2.47 bits per heavy atom. The van der Waals surface area contributed by atoms with Gasteiger partial charge in [0, 0.05) is 20.0 Å². The summed E-state index contributed by atoms with van der Waals surface area (Å²) in [6.45, 7) is 0. The molecule has 0 spiro atoms. The molecule has 0 saturated carbocycles. The number of benzene rings is 2. The number of rotatable bonds is 3. The highest BCUT2D eigenvalue weighted by Crippen LogP contribution is 2.19. The Hall–Kier alpha value is -0.820. The van der Waals surface area contributed by atoms with Crippen molar-refractivity contribution in [2.75, 3.05) is 0 Å². The van der Waals surface area contributed by atoms with E-state index in [1.165, 1.54) is 30.3 Å². The number of carbonyl (C=O) groups excluding carboxylic acids is 1. The first-order valence-electron chi connectivity index (χ1n) is 5.39. The van der Waals surface area contributed by atoms with Gasteiger partial charge in [-0.2, -0.15) is 0 Å². The van der Waals surface area contributed by atoms with Crippen molar-refractivity contribution in [3.05, 3.63) is 67.2 Å². The first kappa shape index (κ1) is 14.6. The molecule has 19 heavy (non-hydrogen) atoms. The Kier molecular flexibility index (Phi) is 4.67. The van der Waals surface area contributed by atoms with E-state index in [-0.39, 0.29) is 18.0 Å². The van der Waals surface area contributed by atoms with Gasteiger partial charge in [0.15, 0.2) is 5.78 Å². The lowest BCUT2D eigenvalue weighted by molar-refractivity contribution is 0.0992. The minimum Gasteiger partial charge on any atom is -0.294 e. The van der Waals surface area contributed by atoms with Crippen molar-refractivity contribution in [1.29, 1.82) is 0 Å². The molecule has 0 aromatic heterocycles. The number of hydrogen-bond acceptors (Lipinski definition) is 1. The molecule has 0 saturated heterocycles. The monoisotopic (exact) mass is 436 g/mol. The number of hydrogen-bond donors (Lipinski definition) is 0. The summed E-state index contributed by atoms with van der Waals surface area (Å²) in [5.41, 5.74) is 1.03. The molecule has 2 aromatic rings. The smallest absolute Gasteiger partial charge is 0.168 e. The molecule has 0 N–H and O–H groups in total. The molecule has 0 unspecified atom stereocenters. The van der Waals surface area contributed by atoms with Crippen molar-refractivity contribution >= 4 is 44.3 Å². The van der Waals surface area contributed by atoms with Crippen LogP contribution in [0, 0.1) is 15.2 Å². The van der Waals surface area contributed by atoms with Gasteiger partial charge in [0.2, 0.25) is 0 Å². The lowest BCUT2D eigenvalue weighted by atomic mass is 10.0. The molecule has 0 atom stereocenters. The molecule has 2 rings (SSSR count). The van der Waals surface area contributed by atoms with Gasteiger partial charge >= 0.3 is 0 Å². The molecule has 5 heteroatoms. The highest BCUT2D eigenvalue weighted by Gasteiger charge is 2.12. The van der Waals surface area contributed by atoms with E-state index in [2.05, 4.69) is 15.9 Å². The van der Waals surface area contributed by atoms with E-state index in [4.69, 9.17) is 0 Å². The van der Waals surface area contributed by atoms with Crippen molar-refractivity contribution in [2.24, 2.45) is 0 Å². The molecule has 0 amide bonds. The second-order valence-corrected chi connectivity index (χ2v) is 6.08. The topological polar surface area (TPSA) is 17.1 Å². The van der Waals surface area contributed by atoms with Crippen LogP contribution in [0.15, 0.2) is 40.9 Å². The van der Waals surface area contributed by atoms with Crippen LogP contribution < -0.4 is 0 Å². The summed E-state index contributed by atoms with van der Waals surface area (Å²) in [6.07, 6.45) is 0.0813. The largest absolute Gasteiger partial charge is 0.294 e. The van der Waals surface area contributed by atoms with E-state index in [0.29, 0.717) is 19.2 Å². The van der Waals surface area contributed by atoms with E-state index in [0.717, 1.165) is 0 Å². The van der Waals surface area contributed by atoms with Crippen LogP contribution >= 0.6 is 38.5 Å². The minimum absolute atomic E-state index is 0.0813. The zero-order valence-corrected chi connectivity index (χ0v) is 13.3. The fourth-order valence-corrected chi connectivity index (χ4v) is 3.00. The maximum absolute atomic E-state index is 13.2. The third kappa shape index (κ3) is 3.82. The van der Waals surface area contributed by atoms with E-state index in [1.807, 2.05) is 22.6 Å². The maximum Gasteiger partial charge on any atom is 0.168 e. The van der Waals surface area contributed by atoms with E-state index < -0.39 is 5.82 Å². The van der Waals surface area contributed by atoms with Crippen LogP contribution in [0.4, 0.5) is 8.78 Å². The average Bonchev–Trinajstić information content (AvgIpc) is 2.26. The third-order valence-electron chi connectivity index (χ3n) is 2.52. The van der Waals surface area contributed by atoms with Crippen molar-refractivity contribution in [1.82, 2.24) is 0 Å². The molecular weight excluding hydrogens is 429 g/mol. The summed E-state index contributed by atoms with van der Waals surface area (Å²) >= 11 is 5.09. The standard InChI is InChI=1S/C14H8BrF2IO/c15-9-3-8(4-11(17)6-9)5-14(19)12-2-1-10(16)7-13(12)18/h1-4,6-7H,5H2. The first-order chi connectivity index (χ1) is 8.95. The van der Waals surface area contributed by atoms with Crippen LogP contribution in [-0.4, -0.2) is 5.78 Å². The highest BCUT2D eigenvalue weighted by atomic mass is 127. The van der Waals surface area contributed by atoms with E-state index in [1.54, 1.807) is 6.07 Å². The number of carbonyl (C=O) groups is 1. The molecule has 0 aliphatic carbocycles. The summed E-state index contributed by atoms with van der Waals surface area (Å²) in [7, 11) is 0. The van der Waals surface area contributed by atoms with Gasteiger partial charge in [0.25, 0.3) is 0 Å². The fourth-order valence-electron chi connectivity index (χ4n) is 1.71. The Labute approximate surface area is 131 Å². The summed E-state index contributed by atoms with van der Waals surface area (Å²) in [5, 5.41) is 0. The summed E-state index contributed by atoms with van der Waals surface area (Å²) < 4.78 is 27.3. The van der Waals surface area contributed by atoms with Crippen LogP contribution in [-0.2, 0) is 6.42 Å².